The zero-order chi connectivity index (χ0) is 22.5. The molecule has 4 rings (SSSR count). The number of benzene rings is 4. The van der Waals surface area contributed by atoms with Crippen molar-refractivity contribution < 1.29 is 9.47 Å². The molecular formula is C30H30O2. The highest BCUT2D eigenvalue weighted by atomic mass is 16.5. The number of hydrogen-bond donors (Lipinski definition) is 0. The van der Waals surface area contributed by atoms with Gasteiger partial charge >= 0.3 is 0 Å². The smallest absolute Gasteiger partial charge is 0.118 e. The predicted octanol–water partition coefficient (Wildman–Crippen LogP) is 7.28. The molecule has 0 saturated heterocycles. The third kappa shape index (κ3) is 4.70. The van der Waals surface area contributed by atoms with E-state index in [-0.39, 0.29) is 11.8 Å². The van der Waals surface area contributed by atoms with E-state index in [9.17, 15) is 0 Å². The van der Waals surface area contributed by atoms with Crippen molar-refractivity contribution in [1.82, 2.24) is 0 Å². The molecule has 2 heteroatoms. The molecule has 0 aromatic heterocycles. The van der Waals surface area contributed by atoms with Crippen LogP contribution >= 0.6 is 0 Å². The zero-order valence-corrected chi connectivity index (χ0v) is 19.2. The molecule has 0 saturated carbocycles. The fraction of sp³-hybridized carbons (Fsp3) is 0.200. The summed E-state index contributed by atoms with van der Waals surface area (Å²) in [6, 6.07) is 34.8. The van der Waals surface area contributed by atoms with Crippen LogP contribution in [0.5, 0.6) is 11.5 Å². The summed E-state index contributed by atoms with van der Waals surface area (Å²) in [7, 11) is 3.41. The van der Waals surface area contributed by atoms with Gasteiger partial charge in [-0.25, -0.2) is 0 Å². The van der Waals surface area contributed by atoms with Crippen LogP contribution in [0.25, 0.3) is 0 Å². The van der Waals surface area contributed by atoms with Crippen molar-refractivity contribution in [2.24, 2.45) is 0 Å². The van der Waals surface area contributed by atoms with Gasteiger partial charge in [-0.05, 0) is 60.4 Å². The third-order valence-corrected chi connectivity index (χ3v) is 6.16. The largest absolute Gasteiger partial charge is 0.497 e. The van der Waals surface area contributed by atoms with Crippen LogP contribution in [0, 0.1) is 13.8 Å². The number of rotatable bonds is 7. The Kier molecular flexibility index (Phi) is 6.61. The Morgan fingerprint density at radius 2 is 0.656 bits per heavy atom. The maximum atomic E-state index is 5.42. The summed E-state index contributed by atoms with van der Waals surface area (Å²) in [6.07, 6.45) is 0. The molecule has 0 amide bonds. The van der Waals surface area contributed by atoms with Crippen molar-refractivity contribution in [3.05, 3.63) is 130 Å². The molecule has 0 radical (unpaired) electrons. The first kappa shape index (κ1) is 21.7. The number of aryl methyl sites for hydroxylation is 2. The first-order valence-electron chi connectivity index (χ1n) is 11.0. The standard InChI is InChI=1S/C30H30O2/c1-21-5-9-23(10-6-21)29(24-11-7-22(2)8-12-24)30(25-13-17-27(31-3)18-14-25)26-15-19-28(32-4)20-16-26/h5-20,29-30H,1-4H3. The van der Waals surface area contributed by atoms with Gasteiger partial charge in [0, 0.05) is 11.8 Å². The Hall–Kier alpha value is -3.52. The van der Waals surface area contributed by atoms with E-state index in [1.54, 1.807) is 14.2 Å². The first-order chi connectivity index (χ1) is 15.6. The molecule has 0 N–H and O–H groups in total. The molecule has 0 bridgehead atoms. The molecule has 0 heterocycles. The van der Waals surface area contributed by atoms with Crippen molar-refractivity contribution in [2.45, 2.75) is 25.7 Å². The minimum Gasteiger partial charge on any atom is -0.497 e. The molecule has 4 aromatic rings. The van der Waals surface area contributed by atoms with Crippen molar-refractivity contribution >= 4 is 0 Å². The molecule has 0 fully saturated rings. The zero-order valence-electron chi connectivity index (χ0n) is 19.2. The highest BCUT2D eigenvalue weighted by Gasteiger charge is 2.28. The molecule has 0 spiro atoms. The number of methoxy groups -OCH3 is 2. The van der Waals surface area contributed by atoms with Gasteiger partial charge in [-0.2, -0.15) is 0 Å². The van der Waals surface area contributed by atoms with Crippen molar-refractivity contribution in [2.75, 3.05) is 14.2 Å². The lowest BCUT2D eigenvalue weighted by Gasteiger charge is -2.30. The van der Waals surface area contributed by atoms with Gasteiger partial charge in [0.25, 0.3) is 0 Å². The quantitative estimate of drug-likeness (QED) is 0.311. The highest BCUT2D eigenvalue weighted by molar-refractivity contribution is 5.47. The number of hydrogen-bond acceptors (Lipinski definition) is 2. The Morgan fingerprint density at radius 3 is 0.906 bits per heavy atom. The molecule has 0 unspecified atom stereocenters. The molecule has 32 heavy (non-hydrogen) atoms. The molecule has 162 valence electrons. The Balaban J connectivity index is 1.91. The topological polar surface area (TPSA) is 18.5 Å². The van der Waals surface area contributed by atoms with Crippen LogP contribution in [0.3, 0.4) is 0 Å². The summed E-state index contributed by atoms with van der Waals surface area (Å²) in [4.78, 5) is 0. The maximum Gasteiger partial charge on any atom is 0.118 e. The summed E-state index contributed by atoms with van der Waals surface area (Å²) < 4.78 is 10.8. The highest BCUT2D eigenvalue weighted by Crippen LogP contribution is 2.43. The second-order valence-electron chi connectivity index (χ2n) is 8.32. The summed E-state index contributed by atoms with van der Waals surface area (Å²) in [5, 5.41) is 0. The van der Waals surface area contributed by atoms with Crippen LogP contribution < -0.4 is 9.47 Å². The Bertz CT molecular complexity index is 1030. The summed E-state index contributed by atoms with van der Waals surface area (Å²) in [5.74, 6) is 2.03. The molecule has 4 aromatic carbocycles. The molecule has 2 nitrogen and oxygen atoms in total. The van der Waals surface area contributed by atoms with Crippen molar-refractivity contribution in [3.63, 3.8) is 0 Å². The van der Waals surface area contributed by atoms with Crippen LogP contribution in [0.2, 0.25) is 0 Å². The van der Waals surface area contributed by atoms with E-state index < -0.39 is 0 Å². The second-order valence-corrected chi connectivity index (χ2v) is 8.32. The molecule has 0 aliphatic carbocycles. The van der Waals surface area contributed by atoms with Gasteiger partial charge in [-0.1, -0.05) is 83.9 Å². The van der Waals surface area contributed by atoms with Gasteiger partial charge in [0.15, 0.2) is 0 Å². The summed E-state index contributed by atoms with van der Waals surface area (Å²) in [5.41, 5.74) is 7.64. The van der Waals surface area contributed by atoms with E-state index in [2.05, 4.69) is 86.6 Å². The Morgan fingerprint density at radius 1 is 0.406 bits per heavy atom. The normalized spacial score (nSPS) is 11.1. The first-order valence-corrected chi connectivity index (χ1v) is 11.0. The van der Waals surface area contributed by atoms with Crippen LogP contribution in [-0.2, 0) is 0 Å². The van der Waals surface area contributed by atoms with Crippen molar-refractivity contribution in [3.8, 4) is 11.5 Å². The van der Waals surface area contributed by atoms with Crippen LogP contribution in [0.1, 0.15) is 45.2 Å². The van der Waals surface area contributed by atoms with Crippen LogP contribution in [-0.4, -0.2) is 14.2 Å². The molecule has 0 aliphatic heterocycles. The van der Waals surface area contributed by atoms with Crippen LogP contribution in [0.15, 0.2) is 97.1 Å². The molecule has 0 aliphatic rings. The fourth-order valence-electron chi connectivity index (χ4n) is 4.32. The van der Waals surface area contributed by atoms with E-state index >= 15 is 0 Å². The van der Waals surface area contributed by atoms with Gasteiger partial charge in [-0.3, -0.25) is 0 Å². The van der Waals surface area contributed by atoms with E-state index in [0.717, 1.165) is 11.5 Å². The van der Waals surface area contributed by atoms with Crippen LogP contribution in [0.4, 0.5) is 0 Å². The van der Waals surface area contributed by atoms with Gasteiger partial charge in [0.2, 0.25) is 0 Å². The molecule has 0 atom stereocenters. The lowest BCUT2D eigenvalue weighted by Crippen LogP contribution is -2.15. The summed E-state index contributed by atoms with van der Waals surface area (Å²) in [6.45, 7) is 4.27. The van der Waals surface area contributed by atoms with Gasteiger partial charge < -0.3 is 9.47 Å². The van der Waals surface area contributed by atoms with Gasteiger partial charge in [-0.15, -0.1) is 0 Å². The van der Waals surface area contributed by atoms with Gasteiger partial charge in [0.1, 0.15) is 11.5 Å². The average Bonchev–Trinajstić information content (AvgIpc) is 2.84. The minimum absolute atomic E-state index is 0.136. The van der Waals surface area contributed by atoms with E-state index in [1.807, 2.05) is 24.3 Å². The Labute approximate surface area is 191 Å². The fourth-order valence-corrected chi connectivity index (χ4v) is 4.32. The second kappa shape index (κ2) is 9.74. The third-order valence-electron chi connectivity index (χ3n) is 6.16. The van der Waals surface area contributed by atoms with E-state index in [4.69, 9.17) is 9.47 Å². The maximum absolute atomic E-state index is 5.42. The predicted molar refractivity (Wildman–Crippen MR) is 132 cm³/mol. The summed E-state index contributed by atoms with van der Waals surface area (Å²) >= 11 is 0. The number of ether oxygens (including phenoxy) is 2. The van der Waals surface area contributed by atoms with Gasteiger partial charge in [0.05, 0.1) is 14.2 Å². The SMILES string of the molecule is COc1ccc(C(c2ccc(OC)cc2)C(c2ccc(C)cc2)c2ccc(C)cc2)cc1. The lowest BCUT2D eigenvalue weighted by atomic mass is 9.73. The van der Waals surface area contributed by atoms with Crippen molar-refractivity contribution in [1.29, 1.82) is 0 Å². The van der Waals surface area contributed by atoms with E-state index in [0.29, 0.717) is 0 Å². The van der Waals surface area contributed by atoms with E-state index in [1.165, 1.54) is 33.4 Å². The lowest BCUT2D eigenvalue weighted by molar-refractivity contribution is 0.414. The minimum atomic E-state index is 0.136. The monoisotopic (exact) mass is 422 g/mol. The average molecular weight is 423 g/mol. The molecular weight excluding hydrogens is 392 g/mol.